The third kappa shape index (κ3) is 3.24. The van der Waals surface area contributed by atoms with Crippen LogP contribution in [0.1, 0.15) is 58.7 Å². The first-order valence-corrected chi connectivity index (χ1v) is 9.30. The molecule has 2 aromatic heterocycles. The van der Waals surface area contributed by atoms with E-state index in [9.17, 15) is 10.1 Å². The fraction of sp³-hybridized carbons (Fsp3) is 0.421. The van der Waals surface area contributed by atoms with Crippen molar-refractivity contribution in [2.24, 2.45) is 0 Å². The predicted molar refractivity (Wildman–Crippen MR) is 98.3 cm³/mol. The number of esters is 1. The van der Waals surface area contributed by atoms with Gasteiger partial charge in [0.1, 0.15) is 11.1 Å². The first kappa shape index (κ1) is 17.4. The van der Waals surface area contributed by atoms with E-state index in [0.29, 0.717) is 5.56 Å². The number of aromatic amines is 1. The molecule has 5 nitrogen and oxygen atoms in total. The van der Waals surface area contributed by atoms with Gasteiger partial charge in [-0.1, -0.05) is 6.42 Å². The number of hydrogen-bond donors (Lipinski definition) is 1. The molecule has 25 heavy (non-hydrogen) atoms. The molecule has 2 aromatic rings. The van der Waals surface area contributed by atoms with Gasteiger partial charge in [0.2, 0.25) is 0 Å². The summed E-state index contributed by atoms with van der Waals surface area (Å²) in [6.45, 7) is 3.73. The van der Waals surface area contributed by atoms with Crippen molar-refractivity contribution < 1.29 is 9.53 Å². The molecule has 1 fully saturated rings. The van der Waals surface area contributed by atoms with E-state index in [1.54, 1.807) is 0 Å². The number of H-pyrrole nitrogens is 1. The van der Waals surface area contributed by atoms with E-state index in [2.05, 4.69) is 16.0 Å². The second kappa shape index (κ2) is 7.24. The van der Waals surface area contributed by atoms with Crippen LogP contribution in [-0.2, 0) is 4.74 Å². The summed E-state index contributed by atoms with van der Waals surface area (Å²) >= 11 is 1.48. The van der Waals surface area contributed by atoms with Gasteiger partial charge in [0.25, 0.3) is 0 Å². The molecule has 0 saturated heterocycles. The molecular formula is C19H21N3O2S. The number of aryl methyl sites for hydroxylation is 1. The van der Waals surface area contributed by atoms with Crippen LogP contribution in [-0.4, -0.2) is 23.0 Å². The van der Waals surface area contributed by atoms with Gasteiger partial charge in [-0.3, -0.25) is 0 Å². The van der Waals surface area contributed by atoms with Crippen molar-refractivity contribution in [2.75, 3.05) is 7.11 Å². The van der Waals surface area contributed by atoms with Crippen LogP contribution in [0.2, 0.25) is 0 Å². The molecule has 3 rings (SSSR count). The molecule has 6 heteroatoms. The molecule has 0 amide bonds. The molecule has 1 aliphatic rings. The molecule has 0 radical (unpaired) electrons. The minimum Gasteiger partial charge on any atom is -0.465 e. The van der Waals surface area contributed by atoms with Gasteiger partial charge in [0, 0.05) is 11.1 Å². The molecule has 1 N–H and O–H groups in total. The average Bonchev–Trinajstić information content (AvgIpc) is 3.21. The van der Waals surface area contributed by atoms with Crippen molar-refractivity contribution in [2.45, 2.75) is 46.0 Å². The van der Waals surface area contributed by atoms with Gasteiger partial charge in [-0.2, -0.15) is 5.26 Å². The van der Waals surface area contributed by atoms with E-state index in [0.717, 1.165) is 58.9 Å². The number of nitrogens with one attached hydrogen (secondary N) is 1. The molecule has 0 aromatic carbocycles. The van der Waals surface area contributed by atoms with Gasteiger partial charge in [-0.15, -0.1) is 11.3 Å². The Morgan fingerprint density at radius 1 is 1.32 bits per heavy atom. The van der Waals surface area contributed by atoms with Gasteiger partial charge in [-0.25, -0.2) is 9.78 Å². The highest BCUT2D eigenvalue weighted by molar-refractivity contribution is 7.11. The standard InChI is InChI=1S/C19H21N3O2S/c1-11-16(19(23)24-3)12(2)21-17(11)15-10-25-18(22-15)14(9-20)13-7-5-4-6-8-13/h10,21H,4-8H2,1-3H3. The van der Waals surface area contributed by atoms with Gasteiger partial charge in [0.15, 0.2) is 0 Å². The van der Waals surface area contributed by atoms with Crippen LogP contribution in [0.25, 0.3) is 17.0 Å². The summed E-state index contributed by atoms with van der Waals surface area (Å²) in [5.74, 6) is -0.352. The monoisotopic (exact) mass is 355 g/mol. The highest BCUT2D eigenvalue weighted by Crippen LogP contribution is 2.34. The molecule has 1 saturated carbocycles. The third-order valence-electron chi connectivity index (χ3n) is 4.72. The van der Waals surface area contributed by atoms with Crippen LogP contribution in [0.5, 0.6) is 0 Å². The largest absolute Gasteiger partial charge is 0.465 e. The summed E-state index contributed by atoms with van der Waals surface area (Å²) in [6.07, 6.45) is 5.52. The van der Waals surface area contributed by atoms with Gasteiger partial charge < -0.3 is 9.72 Å². The SMILES string of the molecule is COC(=O)c1c(C)[nH]c(-c2csc(C(C#N)=C3CCCCC3)n2)c1C. The number of hydrogen-bond acceptors (Lipinski definition) is 5. The summed E-state index contributed by atoms with van der Waals surface area (Å²) in [5.41, 5.74) is 5.67. The van der Waals surface area contributed by atoms with Gasteiger partial charge in [0.05, 0.1) is 29.6 Å². The number of carbonyl (C=O) groups is 1. The maximum atomic E-state index is 12.0. The molecule has 0 aliphatic heterocycles. The molecule has 0 atom stereocenters. The maximum Gasteiger partial charge on any atom is 0.339 e. The number of carbonyl (C=O) groups excluding carboxylic acids is 1. The van der Waals surface area contributed by atoms with Crippen molar-refractivity contribution in [3.63, 3.8) is 0 Å². The number of rotatable bonds is 3. The molecule has 2 heterocycles. The highest BCUT2D eigenvalue weighted by Gasteiger charge is 2.22. The zero-order chi connectivity index (χ0) is 18.0. The summed E-state index contributed by atoms with van der Waals surface area (Å²) in [4.78, 5) is 19.9. The number of aromatic nitrogens is 2. The Hall–Kier alpha value is -2.39. The molecule has 0 spiro atoms. The van der Waals surface area contributed by atoms with Crippen LogP contribution in [0, 0.1) is 25.2 Å². The Morgan fingerprint density at radius 2 is 2.04 bits per heavy atom. The fourth-order valence-electron chi connectivity index (χ4n) is 3.42. The normalized spacial score (nSPS) is 14.2. The van der Waals surface area contributed by atoms with E-state index in [1.807, 2.05) is 19.2 Å². The Balaban J connectivity index is 2.00. The average molecular weight is 355 g/mol. The first-order valence-electron chi connectivity index (χ1n) is 8.42. The zero-order valence-corrected chi connectivity index (χ0v) is 15.5. The summed E-state index contributed by atoms with van der Waals surface area (Å²) < 4.78 is 4.86. The zero-order valence-electron chi connectivity index (χ0n) is 14.7. The van der Waals surface area contributed by atoms with Crippen molar-refractivity contribution in [3.05, 3.63) is 32.8 Å². The quantitative estimate of drug-likeness (QED) is 0.634. The van der Waals surface area contributed by atoms with Crippen molar-refractivity contribution in [1.82, 2.24) is 9.97 Å². The van der Waals surface area contributed by atoms with E-state index in [1.165, 1.54) is 30.4 Å². The number of methoxy groups -OCH3 is 1. The smallest absolute Gasteiger partial charge is 0.339 e. The summed E-state index contributed by atoms with van der Waals surface area (Å²) in [5, 5.41) is 12.3. The van der Waals surface area contributed by atoms with Gasteiger partial charge >= 0.3 is 5.97 Å². The Bertz CT molecular complexity index is 875. The van der Waals surface area contributed by atoms with Crippen LogP contribution < -0.4 is 0 Å². The van der Waals surface area contributed by atoms with Crippen molar-refractivity contribution in [1.29, 1.82) is 5.26 Å². The van der Waals surface area contributed by atoms with Crippen LogP contribution in [0.15, 0.2) is 11.0 Å². The molecule has 130 valence electrons. The number of ether oxygens (including phenoxy) is 1. The lowest BCUT2D eigenvalue weighted by Gasteiger charge is -2.14. The predicted octanol–water partition coefficient (Wildman–Crippen LogP) is 4.78. The Labute approximate surface area is 151 Å². The summed E-state index contributed by atoms with van der Waals surface area (Å²) in [7, 11) is 1.38. The second-order valence-electron chi connectivity index (χ2n) is 6.31. The Kier molecular flexibility index (Phi) is 5.05. The van der Waals surface area contributed by atoms with Crippen LogP contribution >= 0.6 is 11.3 Å². The minimum atomic E-state index is -0.352. The van der Waals surface area contributed by atoms with E-state index < -0.39 is 0 Å². The lowest BCUT2D eigenvalue weighted by atomic mass is 9.91. The lowest BCUT2D eigenvalue weighted by Crippen LogP contribution is -2.03. The van der Waals surface area contributed by atoms with E-state index >= 15 is 0 Å². The maximum absolute atomic E-state index is 12.0. The molecule has 0 bridgehead atoms. The van der Waals surface area contributed by atoms with Gasteiger partial charge in [-0.05, 0) is 50.7 Å². The van der Waals surface area contributed by atoms with Crippen molar-refractivity contribution in [3.8, 4) is 17.5 Å². The topological polar surface area (TPSA) is 78.8 Å². The fourth-order valence-corrected chi connectivity index (χ4v) is 4.28. The number of nitriles is 1. The second-order valence-corrected chi connectivity index (χ2v) is 7.16. The minimum absolute atomic E-state index is 0.352. The molecular weight excluding hydrogens is 334 g/mol. The Morgan fingerprint density at radius 3 is 2.68 bits per heavy atom. The number of allylic oxidation sites excluding steroid dienone is 2. The summed E-state index contributed by atoms with van der Waals surface area (Å²) in [6, 6.07) is 2.35. The lowest BCUT2D eigenvalue weighted by molar-refractivity contribution is 0.0599. The van der Waals surface area contributed by atoms with Crippen LogP contribution in [0.3, 0.4) is 0 Å². The first-order chi connectivity index (χ1) is 12.1. The van der Waals surface area contributed by atoms with Crippen LogP contribution in [0.4, 0.5) is 0 Å². The van der Waals surface area contributed by atoms with E-state index in [4.69, 9.17) is 4.74 Å². The molecule has 1 aliphatic carbocycles. The molecule has 0 unspecified atom stereocenters. The highest BCUT2D eigenvalue weighted by atomic mass is 32.1. The third-order valence-corrected chi connectivity index (χ3v) is 5.58. The number of nitrogens with zero attached hydrogens (tertiary/aromatic N) is 2. The van der Waals surface area contributed by atoms with Crippen molar-refractivity contribution >= 4 is 22.9 Å². The number of thiazole rings is 1. The van der Waals surface area contributed by atoms with E-state index in [-0.39, 0.29) is 5.97 Å².